The lowest BCUT2D eigenvalue weighted by Crippen LogP contribution is -2.39. The first-order valence-corrected chi connectivity index (χ1v) is 9.24. The highest BCUT2D eigenvalue weighted by molar-refractivity contribution is 7.10. The number of aryl methyl sites for hydroxylation is 2. The summed E-state index contributed by atoms with van der Waals surface area (Å²) in [6.07, 6.45) is 0. The van der Waals surface area contributed by atoms with E-state index in [1.54, 1.807) is 11.3 Å². The Kier molecular flexibility index (Phi) is 6.67. The van der Waals surface area contributed by atoms with Crippen LogP contribution in [0.15, 0.2) is 34.6 Å². The predicted molar refractivity (Wildman–Crippen MR) is 103 cm³/mol. The average molecular weight is 346 g/mol. The molecule has 130 valence electrons. The molecule has 0 saturated carbocycles. The monoisotopic (exact) mass is 345 g/mol. The fourth-order valence-corrected chi connectivity index (χ4v) is 3.36. The molecule has 2 aromatic rings. The number of benzene rings is 1. The van der Waals surface area contributed by atoms with Crippen LogP contribution in [0.3, 0.4) is 0 Å². The minimum absolute atomic E-state index is 0.373. The molecule has 0 aliphatic carbocycles. The lowest BCUT2D eigenvalue weighted by atomic mass is 10.1. The van der Waals surface area contributed by atoms with E-state index in [0.29, 0.717) is 18.2 Å². The van der Waals surface area contributed by atoms with Crippen LogP contribution < -0.4 is 10.6 Å². The van der Waals surface area contributed by atoms with Crippen LogP contribution in [-0.4, -0.2) is 24.2 Å². The number of hydrogen-bond acceptors (Lipinski definition) is 3. The first kappa shape index (κ1) is 18.3. The van der Waals surface area contributed by atoms with Crippen LogP contribution in [-0.2, 0) is 6.54 Å². The summed E-state index contributed by atoms with van der Waals surface area (Å²) < 4.78 is 0. The lowest BCUT2D eigenvalue weighted by Gasteiger charge is -2.15. The smallest absolute Gasteiger partial charge is 0.191 e. The molecule has 5 heteroatoms. The molecular formula is C19H27N3OS. The van der Waals surface area contributed by atoms with Gasteiger partial charge in [-0.1, -0.05) is 25.1 Å². The van der Waals surface area contributed by atoms with Crippen molar-refractivity contribution >= 4 is 17.3 Å². The fourth-order valence-electron chi connectivity index (χ4n) is 2.57. The van der Waals surface area contributed by atoms with Crippen LogP contribution in [0.2, 0.25) is 0 Å². The summed E-state index contributed by atoms with van der Waals surface area (Å²) in [5.41, 5.74) is 2.89. The van der Waals surface area contributed by atoms with Gasteiger partial charge in [-0.2, -0.15) is 0 Å². The number of phenolic OH excluding ortho intramolecular Hbond substituents is 1. The van der Waals surface area contributed by atoms with Crippen molar-refractivity contribution < 1.29 is 5.11 Å². The number of nitrogens with one attached hydrogen (secondary N) is 2. The van der Waals surface area contributed by atoms with Crippen LogP contribution in [0.25, 0.3) is 0 Å². The number of phenols is 1. The van der Waals surface area contributed by atoms with Crippen LogP contribution in [0.5, 0.6) is 5.75 Å². The Balaban J connectivity index is 2.00. The van der Waals surface area contributed by atoms with Gasteiger partial charge >= 0.3 is 0 Å². The van der Waals surface area contributed by atoms with Crippen molar-refractivity contribution in [1.29, 1.82) is 0 Å². The molecule has 2 rings (SSSR count). The summed E-state index contributed by atoms with van der Waals surface area (Å²) in [5, 5.41) is 18.7. The van der Waals surface area contributed by atoms with Gasteiger partial charge in [0.2, 0.25) is 0 Å². The SMILES string of the molecule is CCNC(=NCc1cc(C)c(O)c(C)c1)NCC(C)c1cccs1. The molecule has 1 unspecified atom stereocenters. The lowest BCUT2D eigenvalue weighted by molar-refractivity contribution is 0.466. The second kappa shape index (κ2) is 8.73. The Morgan fingerprint density at radius 2 is 1.96 bits per heavy atom. The highest BCUT2D eigenvalue weighted by Crippen LogP contribution is 2.23. The summed E-state index contributed by atoms with van der Waals surface area (Å²) in [6.45, 7) is 10.4. The van der Waals surface area contributed by atoms with E-state index >= 15 is 0 Å². The third-order valence-electron chi connectivity index (χ3n) is 3.92. The standard InChI is InChI=1S/C19H27N3OS/c1-5-20-19(21-11-15(4)17-7-6-8-24-17)22-12-16-9-13(2)18(23)14(3)10-16/h6-10,15,23H,5,11-12H2,1-4H3,(H2,20,21,22). The quantitative estimate of drug-likeness (QED) is 0.549. The van der Waals surface area contributed by atoms with Crippen LogP contribution in [0, 0.1) is 13.8 Å². The zero-order valence-corrected chi connectivity index (χ0v) is 15.7. The van der Waals surface area contributed by atoms with Crippen molar-refractivity contribution in [3.63, 3.8) is 0 Å². The van der Waals surface area contributed by atoms with Gasteiger partial charge in [0.1, 0.15) is 5.75 Å². The summed E-state index contributed by atoms with van der Waals surface area (Å²) in [7, 11) is 0. The summed E-state index contributed by atoms with van der Waals surface area (Å²) in [4.78, 5) is 6.04. The average Bonchev–Trinajstić information content (AvgIpc) is 3.09. The molecule has 0 fully saturated rings. The summed E-state index contributed by atoms with van der Waals surface area (Å²) in [5.74, 6) is 1.65. The Bertz CT molecular complexity index is 657. The van der Waals surface area contributed by atoms with Crippen LogP contribution in [0.1, 0.15) is 41.3 Å². The molecule has 0 aliphatic heterocycles. The van der Waals surface area contributed by atoms with Crippen molar-refractivity contribution in [1.82, 2.24) is 10.6 Å². The normalized spacial score (nSPS) is 12.9. The summed E-state index contributed by atoms with van der Waals surface area (Å²) >= 11 is 1.79. The second-order valence-electron chi connectivity index (χ2n) is 6.07. The maximum atomic E-state index is 9.87. The number of rotatable bonds is 6. The molecular weight excluding hydrogens is 318 g/mol. The molecule has 0 bridgehead atoms. The Morgan fingerprint density at radius 3 is 2.54 bits per heavy atom. The Morgan fingerprint density at radius 1 is 1.25 bits per heavy atom. The van der Waals surface area contributed by atoms with Crippen molar-refractivity contribution in [2.45, 2.75) is 40.2 Å². The highest BCUT2D eigenvalue weighted by Gasteiger charge is 2.08. The van der Waals surface area contributed by atoms with Crippen molar-refractivity contribution in [2.24, 2.45) is 4.99 Å². The van der Waals surface area contributed by atoms with Gasteiger partial charge in [0, 0.05) is 23.9 Å². The van der Waals surface area contributed by atoms with Gasteiger partial charge in [-0.25, -0.2) is 4.99 Å². The van der Waals surface area contributed by atoms with Crippen molar-refractivity contribution in [3.8, 4) is 5.75 Å². The first-order chi connectivity index (χ1) is 11.5. The minimum atomic E-state index is 0.373. The fraction of sp³-hybridized carbons (Fsp3) is 0.421. The first-order valence-electron chi connectivity index (χ1n) is 8.36. The van der Waals surface area contributed by atoms with Gasteiger partial charge in [0.15, 0.2) is 5.96 Å². The van der Waals surface area contributed by atoms with Gasteiger partial charge in [0.05, 0.1) is 6.54 Å². The molecule has 1 aromatic carbocycles. The van der Waals surface area contributed by atoms with Gasteiger partial charge in [-0.3, -0.25) is 0 Å². The van der Waals surface area contributed by atoms with Gasteiger partial charge in [-0.15, -0.1) is 11.3 Å². The maximum absolute atomic E-state index is 9.87. The molecule has 0 aliphatic rings. The highest BCUT2D eigenvalue weighted by atomic mass is 32.1. The molecule has 24 heavy (non-hydrogen) atoms. The number of hydrogen-bond donors (Lipinski definition) is 3. The number of aromatic hydroxyl groups is 1. The van der Waals surface area contributed by atoms with Crippen LogP contribution >= 0.6 is 11.3 Å². The molecule has 0 amide bonds. The molecule has 1 atom stereocenters. The third kappa shape index (κ3) is 4.99. The van der Waals surface area contributed by atoms with Crippen molar-refractivity contribution in [3.05, 3.63) is 51.2 Å². The zero-order valence-electron chi connectivity index (χ0n) is 14.9. The van der Waals surface area contributed by atoms with Gasteiger partial charge < -0.3 is 15.7 Å². The maximum Gasteiger partial charge on any atom is 0.191 e. The Hall–Kier alpha value is -2.01. The number of aliphatic imine (C=N–C) groups is 1. The molecule has 0 radical (unpaired) electrons. The summed E-state index contributed by atoms with van der Waals surface area (Å²) in [6, 6.07) is 8.24. The molecule has 1 aromatic heterocycles. The number of nitrogens with zero attached hydrogens (tertiary/aromatic N) is 1. The van der Waals surface area contributed by atoms with Crippen molar-refractivity contribution in [2.75, 3.05) is 13.1 Å². The second-order valence-corrected chi connectivity index (χ2v) is 7.05. The molecule has 0 spiro atoms. The topological polar surface area (TPSA) is 56.7 Å². The van der Waals surface area contributed by atoms with Crippen LogP contribution in [0.4, 0.5) is 0 Å². The van der Waals surface area contributed by atoms with E-state index in [4.69, 9.17) is 0 Å². The predicted octanol–water partition coefficient (Wildman–Crippen LogP) is 3.93. The van der Waals surface area contributed by atoms with E-state index in [2.05, 4.69) is 47.0 Å². The van der Waals surface area contributed by atoms with E-state index in [1.165, 1.54) is 4.88 Å². The van der Waals surface area contributed by atoms with E-state index in [9.17, 15) is 5.11 Å². The van der Waals surface area contributed by atoms with E-state index < -0.39 is 0 Å². The third-order valence-corrected chi connectivity index (χ3v) is 5.02. The number of guanidine groups is 1. The minimum Gasteiger partial charge on any atom is -0.507 e. The van der Waals surface area contributed by atoms with E-state index in [1.807, 2.05) is 26.0 Å². The molecule has 0 saturated heterocycles. The van der Waals surface area contributed by atoms with Gasteiger partial charge in [-0.05, 0) is 48.9 Å². The molecule has 1 heterocycles. The van der Waals surface area contributed by atoms with Gasteiger partial charge in [0.25, 0.3) is 0 Å². The Labute approximate surface area is 148 Å². The zero-order chi connectivity index (χ0) is 17.5. The van der Waals surface area contributed by atoms with E-state index in [-0.39, 0.29) is 0 Å². The number of thiophene rings is 1. The largest absolute Gasteiger partial charge is 0.507 e. The molecule has 3 N–H and O–H groups in total. The van der Waals surface area contributed by atoms with E-state index in [0.717, 1.165) is 35.7 Å². The molecule has 4 nitrogen and oxygen atoms in total.